The molecule has 1 fully saturated rings. The lowest BCUT2D eigenvalue weighted by atomic mass is 10.1. The Morgan fingerprint density at radius 1 is 1.40 bits per heavy atom. The van der Waals surface area contributed by atoms with Crippen LogP contribution in [0.25, 0.3) is 0 Å². The molecule has 0 amide bonds. The van der Waals surface area contributed by atoms with Crippen molar-refractivity contribution in [2.24, 2.45) is 16.0 Å². The first-order valence-electron chi connectivity index (χ1n) is 6.42. The third-order valence-electron chi connectivity index (χ3n) is 3.17. The Morgan fingerprint density at radius 2 is 2.05 bits per heavy atom. The van der Waals surface area contributed by atoms with E-state index in [9.17, 15) is 8.42 Å². The Bertz CT molecular complexity index is 595. The summed E-state index contributed by atoms with van der Waals surface area (Å²) in [5, 5.41) is 9.41. The van der Waals surface area contributed by atoms with Gasteiger partial charge < -0.3 is 5.32 Å². The van der Waals surface area contributed by atoms with Crippen molar-refractivity contribution in [3.63, 3.8) is 0 Å². The second-order valence-corrected chi connectivity index (χ2v) is 7.69. The SMILES string of the molecule is CC(C)[C@H]1CSC(=NCc2ccc(S(N)(=O)=O)cc2)N1. The van der Waals surface area contributed by atoms with Crippen LogP contribution in [0, 0.1) is 5.92 Å². The van der Waals surface area contributed by atoms with Gasteiger partial charge in [0.15, 0.2) is 5.17 Å². The summed E-state index contributed by atoms with van der Waals surface area (Å²) in [6.45, 7) is 4.91. The van der Waals surface area contributed by atoms with Gasteiger partial charge in [-0.25, -0.2) is 13.6 Å². The molecule has 3 N–H and O–H groups in total. The lowest BCUT2D eigenvalue weighted by molar-refractivity contribution is 0.503. The van der Waals surface area contributed by atoms with Gasteiger partial charge in [0.1, 0.15) is 0 Å². The first-order chi connectivity index (χ1) is 9.36. The predicted molar refractivity (Wildman–Crippen MR) is 83.2 cm³/mol. The third kappa shape index (κ3) is 3.97. The Labute approximate surface area is 124 Å². The number of rotatable bonds is 4. The third-order valence-corrected chi connectivity index (χ3v) is 5.15. The van der Waals surface area contributed by atoms with Gasteiger partial charge in [0, 0.05) is 11.8 Å². The first kappa shape index (κ1) is 15.3. The molecule has 1 saturated heterocycles. The van der Waals surface area contributed by atoms with Crippen LogP contribution in [0.1, 0.15) is 19.4 Å². The zero-order valence-electron chi connectivity index (χ0n) is 11.5. The van der Waals surface area contributed by atoms with Crippen LogP contribution in [0.3, 0.4) is 0 Å². The van der Waals surface area contributed by atoms with Gasteiger partial charge in [-0.15, -0.1) is 0 Å². The average molecular weight is 313 g/mol. The molecule has 1 aromatic rings. The molecular formula is C13H19N3O2S2. The molecule has 0 aliphatic carbocycles. The molecule has 1 heterocycles. The summed E-state index contributed by atoms with van der Waals surface area (Å²) in [5.74, 6) is 1.63. The molecule has 1 aromatic carbocycles. The zero-order chi connectivity index (χ0) is 14.8. The van der Waals surface area contributed by atoms with Crippen molar-refractivity contribution in [1.29, 1.82) is 0 Å². The molecule has 0 spiro atoms. The highest BCUT2D eigenvalue weighted by atomic mass is 32.2. The van der Waals surface area contributed by atoms with E-state index in [-0.39, 0.29) is 4.90 Å². The molecule has 0 radical (unpaired) electrons. The highest BCUT2D eigenvalue weighted by Gasteiger charge is 2.22. The van der Waals surface area contributed by atoms with Crippen molar-refractivity contribution < 1.29 is 8.42 Å². The van der Waals surface area contributed by atoms with Crippen LogP contribution in [0.5, 0.6) is 0 Å². The second kappa shape index (κ2) is 6.15. The number of nitrogens with zero attached hydrogens (tertiary/aromatic N) is 1. The first-order valence-corrected chi connectivity index (χ1v) is 8.95. The molecule has 7 heteroatoms. The summed E-state index contributed by atoms with van der Waals surface area (Å²) in [5.41, 5.74) is 0.959. The van der Waals surface area contributed by atoms with Crippen LogP contribution in [0.2, 0.25) is 0 Å². The molecule has 2 rings (SSSR count). The number of benzene rings is 1. The molecule has 0 aromatic heterocycles. The predicted octanol–water partition coefficient (Wildman–Crippen LogP) is 1.55. The summed E-state index contributed by atoms with van der Waals surface area (Å²) in [6.07, 6.45) is 0. The van der Waals surface area contributed by atoms with Crippen LogP contribution >= 0.6 is 11.8 Å². The largest absolute Gasteiger partial charge is 0.361 e. The molecule has 0 saturated carbocycles. The number of aliphatic imine (C=N–C) groups is 1. The summed E-state index contributed by atoms with van der Waals surface area (Å²) in [6, 6.07) is 6.98. The van der Waals surface area contributed by atoms with Crippen LogP contribution < -0.4 is 10.5 Å². The molecule has 0 bridgehead atoms. The van der Waals surface area contributed by atoms with Gasteiger partial charge in [-0.3, -0.25) is 4.99 Å². The van der Waals surface area contributed by atoms with E-state index < -0.39 is 10.0 Å². The van der Waals surface area contributed by atoms with E-state index in [1.165, 1.54) is 12.1 Å². The maximum absolute atomic E-state index is 11.1. The van der Waals surface area contributed by atoms with E-state index in [1.54, 1.807) is 23.9 Å². The van der Waals surface area contributed by atoms with Gasteiger partial charge >= 0.3 is 0 Å². The lowest BCUT2D eigenvalue weighted by Crippen LogP contribution is -2.31. The number of primary sulfonamides is 1. The summed E-state index contributed by atoms with van der Waals surface area (Å²) < 4.78 is 22.3. The molecule has 1 aliphatic heterocycles. The summed E-state index contributed by atoms with van der Waals surface area (Å²) in [7, 11) is -3.62. The van der Waals surface area contributed by atoms with Crippen molar-refractivity contribution in [2.45, 2.75) is 31.3 Å². The number of nitrogens with two attached hydrogens (primary N) is 1. The summed E-state index contributed by atoms with van der Waals surface area (Å²) in [4.78, 5) is 4.63. The van der Waals surface area contributed by atoms with Crippen LogP contribution in [-0.4, -0.2) is 25.4 Å². The Kier molecular flexibility index (Phi) is 4.72. The second-order valence-electron chi connectivity index (χ2n) is 5.12. The number of sulfonamides is 1. The topological polar surface area (TPSA) is 84.5 Å². The summed E-state index contributed by atoms with van der Waals surface area (Å²) >= 11 is 1.73. The van der Waals surface area contributed by atoms with E-state index in [4.69, 9.17) is 5.14 Å². The number of nitrogens with one attached hydrogen (secondary N) is 1. The monoisotopic (exact) mass is 313 g/mol. The molecule has 5 nitrogen and oxygen atoms in total. The van der Waals surface area contributed by atoms with Gasteiger partial charge in [0.05, 0.1) is 11.4 Å². The Morgan fingerprint density at radius 3 is 2.55 bits per heavy atom. The van der Waals surface area contributed by atoms with Gasteiger partial charge in [0.25, 0.3) is 0 Å². The molecule has 1 atom stereocenters. The van der Waals surface area contributed by atoms with Gasteiger partial charge in [-0.05, 0) is 23.6 Å². The Hall–Kier alpha value is -1.05. The van der Waals surface area contributed by atoms with Crippen LogP contribution in [0.15, 0.2) is 34.2 Å². The van der Waals surface area contributed by atoms with Crippen molar-refractivity contribution in [3.05, 3.63) is 29.8 Å². The molecule has 110 valence electrons. The minimum atomic E-state index is -3.62. The van der Waals surface area contributed by atoms with E-state index in [0.29, 0.717) is 18.5 Å². The quantitative estimate of drug-likeness (QED) is 0.883. The van der Waals surface area contributed by atoms with E-state index >= 15 is 0 Å². The van der Waals surface area contributed by atoms with Crippen molar-refractivity contribution in [2.75, 3.05) is 5.75 Å². The van der Waals surface area contributed by atoms with E-state index in [0.717, 1.165) is 16.5 Å². The van der Waals surface area contributed by atoms with Crippen LogP contribution in [0.4, 0.5) is 0 Å². The van der Waals surface area contributed by atoms with Gasteiger partial charge in [-0.2, -0.15) is 0 Å². The Balaban J connectivity index is 1.98. The molecule has 20 heavy (non-hydrogen) atoms. The normalized spacial score (nSPS) is 21.4. The fourth-order valence-electron chi connectivity index (χ4n) is 1.81. The minimum absolute atomic E-state index is 0.127. The molecule has 1 aliphatic rings. The van der Waals surface area contributed by atoms with E-state index in [2.05, 4.69) is 24.2 Å². The number of thioether (sulfide) groups is 1. The number of amidine groups is 1. The highest BCUT2D eigenvalue weighted by Crippen LogP contribution is 2.19. The maximum Gasteiger partial charge on any atom is 0.238 e. The maximum atomic E-state index is 11.1. The van der Waals surface area contributed by atoms with Crippen LogP contribution in [-0.2, 0) is 16.6 Å². The van der Waals surface area contributed by atoms with Crippen molar-refractivity contribution in [3.8, 4) is 0 Å². The standard InChI is InChI=1S/C13H19N3O2S2/c1-9(2)12-8-19-13(16-12)15-7-10-3-5-11(6-4-10)20(14,17)18/h3-6,9,12H,7-8H2,1-2H3,(H,15,16)(H2,14,17,18)/t12-/m1/s1. The average Bonchev–Trinajstić information content (AvgIpc) is 2.85. The van der Waals surface area contributed by atoms with Gasteiger partial charge in [-0.1, -0.05) is 37.7 Å². The number of hydrogen-bond donors (Lipinski definition) is 2. The molecule has 0 unspecified atom stereocenters. The fraction of sp³-hybridized carbons (Fsp3) is 0.462. The highest BCUT2D eigenvalue weighted by molar-refractivity contribution is 8.14. The lowest BCUT2D eigenvalue weighted by Gasteiger charge is -2.13. The smallest absolute Gasteiger partial charge is 0.238 e. The van der Waals surface area contributed by atoms with Crippen molar-refractivity contribution >= 4 is 27.0 Å². The zero-order valence-corrected chi connectivity index (χ0v) is 13.2. The molecular weight excluding hydrogens is 294 g/mol. The van der Waals surface area contributed by atoms with Crippen molar-refractivity contribution in [1.82, 2.24) is 5.32 Å². The van der Waals surface area contributed by atoms with E-state index in [1.807, 2.05) is 0 Å². The minimum Gasteiger partial charge on any atom is -0.361 e. The number of hydrogen-bond acceptors (Lipinski definition) is 4. The fourth-order valence-corrected chi connectivity index (χ4v) is 3.52. The van der Waals surface area contributed by atoms with Gasteiger partial charge in [0.2, 0.25) is 10.0 Å².